The first-order valence-corrected chi connectivity index (χ1v) is 3.33. The highest BCUT2D eigenvalue weighted by Gasteiger charge is 2.13. The Kier molecular flexibility index (Phi) is 18.4. The number of aliphatic hydroxyl groups is 2. The molecule has 0 aliphatic heterocycles. The number of rotatable bonds is 2. The van der Waals surface area contributed by atoms with E-state index in [9.17, 15) is 0 Å². The van der Waals surface area contributed by atoms with Gasteiger partial charge in [-0.2, -0.15) is 0 Å². The van der Waals surface area contributed by atoms with E-state index in [-0.39, 0.29) is 31.6 Å². The van der Waals surface area contributed by atoms with Crippen molar-refractivity contribution >= 4 is 12.9 Å². The van der Waals surface area contributed by atoms with Crippen LogP contribution in [0.15, 0.2) is 0 Å². The first-order valence-electron chi connectivity index (χ1n) is 3.33. The van der Waals surface area contributed by atoms with Crippen molar-refractivity contribution in [1.82, 2.24) is 0 Å². The zero-order valence-electron chi connectivity index (χ0n) is 7.67. The summed E-state index contributed by atoms with van der Waals surface area (Å²) in [4.78, 5) is 16.7. The van der Waals surface area contributed by atoms with Crippen LogP contribution in [0, 0.1) is 5.41 Å². The molecule has 0 aromatic heterocycles. The van der Waals surface area contributed by atoms with Crippen LogP contribution in [0.2, 0.25) is 0 Å². The molecule has 0 amide bonds. The van der Waals surface area contributed by atoms with Crippen LogP contribution in [0.5, 0.6) is 0 Å². The molecule has 0 radical (unpaired) electrons. The van der Waals surface area contributed by atoms with Crippen LogP contribution >= 0.6 is 0 Å². The fourth-order valence-electron chi connectivity index (χ4n) is 0.0500. The molecule has 6 heteroatoms. The molecule has 0 aromatic rings. The van der Waals surface area contributed by atoms with Gasteiger partial charge in [-0.05, 0) is 0 Å². The molecule has 0 spiro atoms. The maximum Gasteiger partial charge on any atom is 0.290 e. The SMILES string of the molecule is CC(C)(CO)CO.O=CO.O=CO. The third kappa shape index (κ3) is 36.1. The van der Waals surface area contributed by atoms with Crippen molar-refractivity contribution < 1.29 is 30.0 Å². The predicted molar refractivity (Wildman–Crippen MR) is 45.3 cm³/mol. The van der Waals surface area contributed by atoms with Crippen molar-refractivity contribution in [2.75, 3.05) is 13.2 Å². The Balaban J connectivity index is -0.000000140. The number of carbonyl (C=O) groups is 2. The average Bonchev–Trinajstić information content (AvgIpc) is 2.08. The zero-order chi connectivity index (χ0) is 11.3. The second-order valence-electron chi connectivity index (χ2n) is 2.69. The van der Waals surface area contributed by atoms with E-state index in [1.807, 2.05) is 0 Å². The fraction of sp³-hybridized carbons (Fsp3) is 0.714. The second-order valence-corrected chi connectivity index (χ2v) is 2.69. The molecule has 0 atom stereocenters. The van der Waals surface area contributed by atoms with Gasteiger partial charge in [-0.15, -0.1) is 0 Å². The van der Waals surface area contributed by atoms with Gasteiger partial charge in [0.15, 0.2) is 0 Å². The summed E-state index contributed by atoms with van der Waals surface area (Å²) in [7, 11) is 0. The van der Waals surface area contributed by atoms with Gasteiger partial charge >= 0.3 is 0 Å². The highest BCUT2D eigenvalue weighted by Crippen LogP contribution is 2.10. The Bertz CT molecular complexity index is 99.6. The monoisotopic (exact) mass is 196 g/mol. The van der Waals surface area contributed by atoms with Gasteiger partial charge in [-0.25, -0.2) is 0 Å². The molecule has 0 fully saturated rings. The van der Waals surface area contributed by atoms with Crippen molar-refractivity contribution in [1.29, 1.82) is 0 Å². The molecule has 0 aliphatic rings. The second kappa shape index (κ2) is 13.4. The number of aliphatic hydroxyl groups excluding tert-OH is 2. The lowest BCUT2D eigenvalue weighted by Crippen LogP contribution is -2.20. The standard InChI is InChI=1S/C5H12O2.2CH2O2/c1-5(2,3-6)4-7;2*2-1-3/h6-7H,3-4H2,1-2H3;2*1H,(H,2,3). The van der Waals surface area contributed by atoms with Gasteiger partial charge in [0.1, 0.15) is 0 Å². The molecule has 0 saturated carbocycles. The fourth-order valence-corrected chi connectivity index (χ4v) is 0.0500. The number of hydrogen-bond acceptors (Lipinski definition) is 4. The lowest BCUT2D eigenvalue weighted by molar-refractivity contribution is -0.123. The molecule has 80 valence electrons. The maximum absolute atomic E-state index is 8.43. The molecule has 4 N–H and O–H groups in total. The highest BCUT2D eigenvalue weighted by atomic mass is 16.3. The third-order valence-electron chi connectivity index (χ3n) is 0.856. The molecule has 0 unspecified atom stereocenters. The summed E-state index contributed by atoms with van der Waals surface area (Å²) >= 11 is 0. The Morgan fingerprint density at radius 3 is 1.15 bits per heavy atom. The molecule has 6 nitrogen and oxygen atoms in total. The summed E-state index contributed by atoms with van der Waals surface area (Å²) in [6.07, 6.45) is 0. The first-order chi connectivity index (χ1) is 5.95. The van der Waals surface area contributed by atoms with Crippen molar-refractivity contribution in [2.45, 2.75) is 13.8 Å². The van der Waals surface area contributed by atoms with E-state index in [0.717, 1.165) is 0 Å². The summed E-state index contributed by atoms with van der Waals surface area (Å²) in [5.41, 5.74) is -0.306. The molecule has 13 heavy (non-hydrogen) atoms. The summed E-state index contributed by atoms with van der Waals surface area (Å²) in [5.74, 6) is 0. The molecule has 0 rings (SSSR count). The van der Waals surface area contributed by atoms with E-state index in [1.54, 1.807) is 13.8 Å². The smallest absolute Gasteiger partial charge is 0.290 e. The quantitative estimate of drug-likeness (QED) is 0.438. The maximum atomic E-state index is 8.43. The van der Waals surface area contributed by atoms with E-state index in [0.29, 0.717) is 0 Å². The average molecular weight is 196 g/mol. The van der Waals surface area contributed by atoms with Crippen molar-refractivity contribution in [3.8, 4) is 0 Å². The molecule has 0 aliphatic carbocycles. The van der Waals surface area contributed by atoms with E-state index < -0.39 is 0 Å². The molecule has 0 aromatic carbocycles. The van der Waals surface area contributed by atoms with Crippen molar-refractivity contribution in [3.05, 3.63) is 0 Å². The Labute approximate surface area is 76.4 Å². The molecule has 0 heterocycles. The zero-order valence-corrected chi connectivity index (χ0v) is 7.67. The lowest BCUT2D eigenvalue weighted by atomic mass is 9.97. The Morgan fingerprint density at radius 2 is 1.15 bits per heavy atom. The number of carboxylic acid groups (broad SMARTS) is 2. The summed E-state index contributed by atoms with van der Waals surface area (Å²) < 4.78 is 0. The van der Waals surface area contributed by atoms with E-state index in [4.69, 9.17) is 30.0 Å². The van der Waals surface area contributed by atoms with Crippen LogP contribution in [0.1, 0.15) is 13.8 Å². The van der Waals surface area contributed by atoms with Crippen LogP contribution in [-0.2, 0) is 9.59 Å². The topological polar surface area (TPSA) is 115 Å². The summed E-state index contributed by atoms with van der Waals surface area (Å²) in [6, 6.07) is 0. The van der Waals surface area contributed by atoms with E-state index in [2.05, 4.69) is 0 Å². The Hall–Kier alpha value is -1.14. The van der Waals surface area contributed by atoms with Gasteiger partial charge in [0.05, 0.1) is 13.2 Å². The van der Waals surface area contributed by atoms with E-state index in [1.165, 1.54) is 0 Å². The first kappa shape index (κ1) is 17.8. The molecular formula is C7H16O6. The van der Waals surface area contributed by atoms with Gasteiger partial charge in [-0.3, -0.25) is 9.59 Å². The minimum atomic E-state index is -0.306. The Morgan fingerprint density at radius 1 is 1.00 bits per heavy atom. The lowest BCUT2D eigenvalue weighted by Gasteiger charge is -2.16. The van der Waals surface area contributed by atoms with Crippen LogP contribution in [0.4, 0.5) is 0 Å². The summed E-state index contributed by atoms with van der Waals surface area (Å²) in [5, 5.41) is 30.6. The predicted octanol–water partition coefficient (Wildman–Crippen LogP) is -0.601. The van der Waals surface area contributed by atoms with E-state index >= 15 is 0 Å². The number of hydrogen-bond donors (Lipinski definition) is 4. The van der Waals surface area contributed by atoms with Gasteiger partial charge in [0.25, 0.3) is 12.9 Å². The van der Waals surface area contributed by atoms with Gasteiger partial charge in [0, 0.05) is 5.41 Å². The highest BCUT2D eigenvalue weighted by molar-refractivity contribution is 5.32. The van der Waals surface area contributed by atoms with Gasteiger partial charge < -0.3 is 20.4 Å². The van der Waals surface area contributed by atoms with Crippen LogP contribution < -0.4 is 0 Å². The van der Waals surface area contributed by atoms with Crippen LogP contribution in [0.25, 0.3) is 0 Å². The van der Waals surface area contributed by atoms with Crippen LogP contribution in [-0.4, -0.2) is 46.6 Å². The molecule has 0 bridgehead atoms. The summed E-state index contributed by atoms with van der Waals surface area (Å²) in [6.45, 7) is 3.19. The largest absolute Gasteiger partial charge is 0.483 e. The minimum absolute atomic E-state index is 0.0451. The van der Waals surface area contributed by atoms with Gasteiger partial charge in [-0.1, -0.05) is 13.8 Å². The molecular weight excluding hydrogens is 180 g/mol. The van der Waals surface area contributed by atoms with Gasteiger partial charge in [0.2, 0.25) is 0 Å². The van der Waals surface area contributed by atoms with Crippen molar-refractivity contribution in [3.63, 3.8) is 0 Å². The normalized spacial score (nSPS) is 8.31. The van der Waals surface area contributed by atoms with Crippen molar-refractivity contribution in [2.24, 2.45) is 5.41 Å². The molecule has 0 saturated heterocycles. The van der Waals surface area contributed by atoms with Crippen LogP contribution in [0.3, 0.4) is 0 Å². The minimum Gasteiger partial charge on any atom is -0.483 e. The third-order valence-corrected chi connectivity index (χ3v) is 0.856.